The first-order chi connectivity index (χ1) is 13.5. The van der Waals surface area contributed by atoms with Crippen molar-refractivity contribution in [1.82, 2.24) is 9.47 Å². The summed E-state index contributed by atoms with van der Waals surface area (Å²) in [6.45, 7) is 5.47. The molecule has 2 amide bonds. The summed E-state index contributed by atoms with van der Waals surface area (Å²) in [7, 11) is 0. The zero-order chi connectivity index (χ0) is 19.7. The Labute approximate surface area is 164 Å². The van der Waals surface area contributed by atoms with E-state index in [4.69, 9.17) is 0 Å². The van der Waals surface area contributed by atoms with Crippen molar-refractivity contribution in [3.8, 4) is 0 Å². The Morgan fingerprint density at radius 2 is 1.79 bits per heavy atom. The van der Waals surface area contributed by atoms with Crippen molar-refractivity contribution in [3.05, 3.63) is 89.5 Å². The van der Waals surface area contributed by atoms with Gasteiger partial charge in [0, 0.05) is 36.2 Å². The van der Waals surface area contributed by atoms with Gasteiger partial charge < -0.3 is 14.8 Å². The van der Waals surface area contributed by atoms with Crippen molar-refractivity contribution in [2.45, 2.75) is 32.4 Å². The van der Waals surface area contributed by atoms with Crippen LogP contribution < -0.4 is 5.32 Å². The van der Waals surface area contributed by atoms with Gasteiger partial charge in [-0.05, 0) is 41.8 Å². The van der Waals surface area contributed by atoms with Crippen molar-refractivity contribution in [2.75, 3.05) is 11.9 Å². The summed E-state index contributed by atoms with van der Waals surface area (Å²) in [5.74, 6) is 0.131. The zero-order valence-corrected chi connectivity index (χ0v) is 16.1. The van der Waals surface area contributed by atoms with Crippen LogP contribution in [0.1, 0.15) is 42.6 Å². The molecule has 3 aromatic rings. The summed E-state index contributed by atoms with van der Waals surface area (Å²) >= 11 is 0. The van der Waals surface area contributed by atoms with Crippen molar-refractivity contribution in [2.24, 2.45) is 0 Å². The number of rotatable bonds is 3. The van der Waals surface area contributed by atoms with E-state index in [1.807, 2.05) is 42.6 Å². The Morgan fingerprint density at radius 3 is 2.50 bits per heavy atom. The van der Waals surface area contributed by atoms with Crippen molar-refractivity contribution < 1.29 is 9.18 Å². The van der Waals surface area contributed by atoms with E-state index in [0.29, 0.717) is 24.6 Å². The molecule has 5 heteroatoms. The van der Waals surface area contributed by atoms with Crippen LogP contribution in [0.2, 0.25) is 0 Å². The third-order valence-electron chi connectivity index (χ3n) is 5.33. The van der Waals surface area contributed by atoms with E-state index in [1.54, 1.807) is 23.1 Å². The maximum absolute atomic E-state index is 14.6. The molecule has 0 aliphatic carbocycles. The summed E-state index contributed by atoms with van der Waals surface area (Å²) in [6, 6.07) is 17.8. The summed E-state index contributed by atoms with van der Waals surface area (Å²) in [6.07, 6.45) is 1.98. The molecule has 0 fully saturated rings. The van der Waals surface area contributed by atoms with Gasteiger partial charge in [0.05, 0.1) is 0 Å². The van der Waals surface area contributed by atoms with Crippen LogP contribution >= 0.6 is 0 Å². The van der Waals surface area contributed by atoms with E-state index in [9.17, 15) is 9.18 Å². The number of anilines is 1. The minimum Gasteiger partial charge on any atom is -0.348 e. The highest BCUT2D eigenvalue weighted by atomic mass is 19.1. The van der Waals surface area contributed by atoms with E-state index in [-0.39, 0.29) is 11.8 Å². The first kappa shape index (κ1) is 18.3. The Balaban J connectivity index is 1.63. The number of hydrogen-bond acceptors (Lipinski definition) is 1. The van der Waals surface area contributed by atoms with Gasteiger partial charge in [-0.3, -0.25) is 0 Å². The lowest BCUT2D eigenvalue weighted by molar-refractivity contribution is 0.180. The van der Waals surface area contributed by atoms with Crippen LogP contribution in [-0.4, -0.2) is 22.0 Å². The van der Waals surface area contributed by atoms with Crippen molar-refractivity contribution in [3.63, 3.8) is 0 Å². The fraction of sp³-hybridized carbons (Fsp3) is 0.261. The maximum atomic E-state index is 14.6. The van der Waals surface area contributed by atoms with E-state index >= 15 is 0 Å². The Hall–Kier alpha value is -3.08. The number of nitrogens with one attached hydrogen (secondary N) is 1. The second-order valence-electron chi connectivity index (χ2n) is 7.45. The Bertz CT molecular complexity index is 978. The number of amides is 2. The lowest BCUT2D eigenvalue weighted by Gasteiger charge is -2.37. The van der Waals surface area contributed by atoms with E-state index in [1.165, 1.54) is 11.6 Å². The van der Waals surface area contributed by atoms with E-state index in [2.05, 4.69) is 23.7 Å². The molecule has 2 heterocycles. The van der Waals surface area contributed by atoms with Crippen LogP contribution in [0.15, 0.2) is 66.9 Å². The molecule has 1 aliphatic rings. The zero-order valence-electron chi connectivity index (χ0n) is 16.1. The lowest BCUT2D eigenvalue weighted by atomic mass is 9.99. The van der Waals surface area contributed by atoms with E-state index < -0.39 is 6.04 Å². The van der Waals surface area contributed by atoms with E-state index in [0.717, 1.165) is 11.4 Å². The van der Waals surface area contributed by atoms with Gasteiger partial charge in [0.1, 0.15) is 11.9 Å². The molecule has 0 unspecified atom stereocenters. The number of benzene rings is 2. The lowest BCUT2D eigenvalue weighted by Crippen LogP contribution is -2.44. The normalized spacial score (nSPS) is 16.1. The van der Waals surface area contributed by atoms with Gasteiger partial charge in [0.25, 0.3) is 0 Å². The molecule has 28 heavy (non-hydrogen) atoms. The van der Waals surface area contributed by atoms with Gasteiger partial charge in [-0.25, -0.2) is 9.18 Å². The molecule has 0 saturated heterocycles. The average Bonchev–Trinajstić information content (AvgIpc) is 3.17. The summed E-state index contributed by atoms with van der Waals surface area (Å²) in [5, 5.41) is 2.98. The van der Waals surface area contributed by atoms with Gasteiger partial charge in [-0.2, -0.15) is 0 Å². The molecule has 1 N–H and O–H groups in total. The van der Waals surface area contributed by atoms with Gasteiger partial charge in [-0.1, -0.05) is 44.2 Å². The van der Waals surface area contributed by atoms with Gasteiger partial charge in [0.2, 0.25) is 0 Å². The monoisotopic (exact) mass is 377 g/mol. The van der Waals surface area contributed by atoms with Crippen LogP contribution in [0.5, 0.6) is 0 Å². The highest BCUT2D eigenvalue weighted by Crippen LogP contribution is 2.34. The SMILES string of the molecule is CC(C)c1ccc(NC(=O)N2CCn3cccc3[C@@H]2c2ccccc2F)cc1. The van der Waals surface area contributed by atoms with Crippen molar-refractivity contribution >= 4 is 11.7 Å². The average molecular weight is 377 g/mol. The fourth-order valence-corrected chi connectivity index (χ4v) is 3.77. The van der Waals surface area contributed by atoms with Crippen LogP contribution in [0.25, 0.3) is 0 Å². The first-order valence-electron chi connectivity index (χ1n) is 9.61. The highest BCUT2D eigenvalue weighted by Gasteiger charge is 2.33. The van der Waals surface area contributed by atoms with Gasteiger partial charge in [-0.15, -0.1) is 0 Å². The number of nitrogens with zero attached hydrogens (tertiary/aromatic N) is 2. The first-order valence-corrected chi connectivity index (χ1v) is 9.61. The molecule has 0 spiro atoms. The molecule has 144 valence electrons. The molecule has 1 aromatic heterocycles. The third kappa shape index (κ3) is 3.40. The minimum atomic E-state index is -0.458. The highest BCUT2D eigenvalue weighted by molar-refractivity contribution is 5.90. The molecular formula is C23H24FN3O. The van der Waals surface area contributed by atoms with Crippen molar-refractivity contribution in [1.29, 1.82) is 0 Å². The fourth-order valence-electron chi connectivity index (χ4n) is 3.77. The van der Waals surface area contributed by atoms with Crippen LogP contribution in [-0.2, 0) is 6.54 Å². The van der Waals surface area contributed by atoms with Gasteiger partial charge in [0.15, 0.2) is 0 Å². The number of halogens is 1. The van der Waals surface area contributed by atoms with Crippen LogP contribution in [0, 0.1) is 5.82 Å². The smallest absolute Gasteiger partial charge is 0.322 e. The predicted octanol–water partition coefficient (Wildman–Crippen LogP) is 5.39. The predicted molar refractivity (Wildman–Crippen MR) is 109 cm³/mol. The molecule has 4 nitrogen and oxygen atoms in total. The standard InChI is InChI=1S/C23H24FN3O/c1-16(2)17-9-11-18(12-10-17)25-23(28)27-15-14-26-13-5-8-21(26)22(27)19-6-3-4-7-20(19)24/h3-13,16,22H,14-15H2,1-2H3,(H,25,28)/t22-/m0/s1. The number of aromatic nitrogens is 1. The second-order valence-corrected chi connectivity index (χ2v) is 7.45. The number of hydrogen-bond donors (Lipinski definition) is 1. The molecule has 2 aromatic carbocycles. The largest absolute Gasteiger partial charge is 0.348 e. The molecule has 1 aliphatic heterocycles. The third-order valence-corrected chi connectivity index (χ3v) is 5.33. The maximum Gasteiger partial charge on any atom is 0.322 e. The molecule has 4 rings (SSSR count). The molecule has 1 atom stereocenters. The molecule has 0 bridgehead atoms. The number of carbonyl (C=O) groups is 1. The minimum absolute atomic E-state index is 0.224. The summed E-state index contributed by atoms with van der Waals surface area (Å²) < 4.78 is 16.7. The second kappa shape index (κ2) is 7.50. The van der Waals surface area contributed by atoms with Gasteiger partial charge >= 0.3 is 6.03 Å². The molecule has 0 saturated carbocycles. The number of urea groups is 1. The number of fused-ring (bicyclic) bond motifs is 1. The Morgan fingerprint density at radius 1 is 1.04 bits per heavy atom. The van der Waals surface area contributed by atoms with Crippen LogP contribution in [0.3, 0.4) is 0 Å². The number of carbonyl (C=O) groups excluding carboxylic acids is 1. The quantitative estimate of drug-likeness (QED) is 0.653. The topological polar surface area (TPSA) is 37.3 Å². The molecule has 0 radical (unpaired) electrons. The Kier molecular flexibility index (Phi) is 4.90. The summed E-state index contributed by atoms with van der Waals surface area (Å²) in [4.78, 5) is 14.8. The summed E-state index contributed by atoms with van der Waals surface area (Å²) in [5.41, 5.74) is 3.38. The molecular weight excluding hydrogens is 353 g/mol. The van der Waals surface area contributed by atoms with Crippen LogP contribution in [0.4, 0.5) is 14.9 Å².